The molecule has 2 fully saturated rings. The molecule has 0 radical (unpaired) electrons. The Bertz CT molecular complexity index is 1310. The van der Waals surface area contributed by atoms with Gasteiger partial charge in [0, 0.05) is 36.3 Å². The first-order valence-electron chi connectivity index (χ1n) is 12.8. The van der Waals surface area contributed by atoms with Crippen molar-refractivity contribution in [2.75, 3.05) is 25.1 Å². The molecular formula is C30H30ClN3O4. The molecule has 2 heterocycles. The van der Waals surface area contributed by atoms with Crippen LogP contribution in [-0.4, -0.2) is 59.8 Å². The number of rotatable bonds is 7. The minimum Gasteiger partial charge on any atom is -0.497 e. The second kappa shape index (κ2) is 11.4. The van der Waals surface area contributed by atoms with E-state index in [1.807, 2.05) is 18.2 Å². The van der Waals surface area contributed by atoms with Gasteiger partial charge in [-0.15, -0.1) is 0 Å². The van der Waals surface area contributed by atoms with Crippen LogP contribution in [0.5, 0.6) is 5.75 Å². The summed E-state index contributed by atoms with van der Waals surface area (Å²) < 4.78 is 5.33. The predicted octanol–water partition coefficient (Wildman–Crippen LogP) is 4.79. The molecule has 196 valence electrons. The molecule has 8 heteroatoms. The number of halogens is 1. The molecule has 1 unspecified atom stereocenters. The molecule has 3 amide bonds. The summed E-state index contributed by atoms with van der Waals surface area (Å²) in [7, 11) is 1.55. The molecule has 2 saturated heterocycles. The van der Waals surface area contributed by atoms with E-state index >= 15 is 0 Å². The fourth-order valence-electron chi connectivity index (χ4n) is 5.36. The van der Waals surface area contributed by atoms with Crippen LogP contribution in [0, 0.1) is 0 Å². The number of likely N-dealkylation sites (tertiary alicyclic amines) is 1. The Balaban J connectivity index is 1.40. The number of hydrogen-bond acceptors (Lipinski definition) is 5. The molecule has 7 nitrogen and oxygen atoms in total. The van der Waals surface area contributed by atoms with Gasteiger partial charge in [0.15, 0.2) is 0 Å². The largest absolute Gasteiger partial charge is 0.497 e. The lowest BCUT2D eigenvalue weighted by Crippen LogP contribution is -2.54. The average Bonchev–Trinajstić information content (AvgIpc) is 3.24. The van der Waals surface area contributed by atoms with E-state index in [-0.39, 0.29) is 30.2 Å². The fraction of sp³-hybridized carbons (Fsp3) is 0.300. The maximum Gasteiger partial charge on any atom is 0.257 e. The van der Waals surface area contributed by atoms with E-state index in [1.165, 1.54) is 10.5 Å². The first-order valence-corrected chi connectivity index (χ1v) is 13.2. The molecule has 2 aliphatic rings. The van der Waals surface area contributed by atoms with Gasteiger partial charge in [-0.05, 0) is 60.9 Å². The summed E-state index contributed by atoms with van der Waals surface area (Å²) >= 11 is 6.01. The van der Waals surface area contributed by atoms with E-state index < -0.39 is 6.04 Å². The van der Waals surface area contributed by atoms with Gasteiger partial charge in [-0.3, -0.25) is 19.3 Å². The van der Waals surface area contributed by atoms with Crippen molar-refractivity contribution < 1.29 is 19.1 Å². The van der Waals surface area contributed by atoms with Gasteiger partial charge in [0.25, 0.3) is 11.8 Å². The summed E-state index contributed by atoms with van der Waals surface area (Å²) in [4.78, 5) is 45.9. The number of carbonyl (C=O) groups is 3. The average molecular weight is 532 g/mol. The van der Waals surface area contributed by atoms with Crippen LogP contribution in [0.1, 0.15) is 35.2 Å². The van der Waals surface area contributed by atoms with E-state index in [9.17, 15) is 14.4 Å². The van der Waals surface area contributed by atoms with Crippen molar-refractivity contribution in [3.8, 4) is 5.75 Å². The zero-order valence-corrected chi connectivity index (χ0v) is 22.0. The number of anilines is 1. The molecule has 3 aromatic carbocycles. The van der Waals surface area contributed by atoms with Gasteiger partial charge in [-0.2, -0.15) is 0 Å². The molecule has 1 atom stereocenters. The van der Waals surface area contributed by atoms with Crippen LogP contribution in [-0.2, 0) is 16.1 Å². The molecule has 3 aromatic rings. The van der Waals surface area contributed by atoms with Crippen LogP contribution >= 0.6 is 11.6 Å². The van der Waals surface area contributed by atoms with Crippen LogP contribution in [0.3, 0.4) is 0 Å². The maximum atomic E-state index is 14.0. The number of imide groups is 1. The third kappa shape index (κ3) is 5.44. The number of amides is 3. The summed E-state index contributed by atoms with van der Waals surface area (Å²) in [5.74, 6) is -0.424. The van der Waals surface area contributed by atoms with Gasteiger partial charge in [-0.25, -0.2) is 4.90 Å². The van der Waals surface area contributed by atoms with Crippen molar-refractivity contribution in [3.05, 3.63) is 95.0 Å². The molecule has 0 N–H and O–H groups in total. The zero-order chi connectivity index (χ0) is 26.6. The summed E-state index contributed by atoms with van der Waals surface area (Å²) in [6.07, 6.45) is 1.37. The normalized spacial score (nSPS) is 18.6. The lowest BCUT2D eigenvalue weighted by atomic mass is 9.98. The first-order chi connectivity index (χ1) is 18.4. The van der Waals surface area contributed by atoms with Crippen molar-refractivity contribution in [2.24, 2.45) is 0 Å². The number of piperidine rings is 1. The van der Waals surface area contributed by atoms with Crippen molar-refractivity contribution in [1.29, 1.82) is 0 Å². The molecule has 0 bridgehead atoms. The lowest BCUT2D eigenvalue weighted by molar-refractivity contribution is -0.123. The highest BCUT2D eigenvalue weighted by atomic mass is 35.5. The van der Waals surface area contributed by atoms with Crippen molar-refractivity contribution >= 4 is 35.0 Å². The third-order valence-electron chi connectivity index (χ3n) is 7.29. The minimum absolute atomic E-state index is 0.0542. The Morgan fingerprint density at radius 1 is 0.974 bits per heavy atom. The summed E-state index contributed by atoms with van der Waals surface area (Å²) in [6, 6.07) is 22.8. The second-order valence-electron chi connectivity index (χ2n) is 9.70. The van der Waals surface area contributed by atoms with Crippen LogP contribution in [0.15, 0.2) is 78.9 Å². The second-order valence-corrected chi connectivity index (χ2v) is 10.1. The highest BCUT2D eigenvalue weighted by Gasteiger charge is 2.47. The molecular weight excluding hydrogens is 502 g/mol. The standard InChI is InChI=1S/C30H30ClN3O4/c1-38-26-9-5-8-22(18-26)29(36)33(25-14-16-32(17-15-25)20-21-6-3-2-4-7-21)27-19-28(35)34(30(27)37)24-12-10-23(31)11-13-24/h2-13,18,25,27H,14-17,19-20H2,1H3. The van der Waals surface area contributed by atoms with Crippen molar-refractivity contribution in [3.63, 3.8) is 0 Å². The quantitative estimate of drug-likeness (QED) is 0.410. The van der Waals surface area contributed by atoms with Gasteiger partial charge in [0.05, 0.1) is 19.2 Å². The summed E-state index contributed by atoms with van der Waals surface area (Å²) in [5.41, 5.74) is 2.13. The molecule has 0 saturated carbocycles. The van der Waals surface area contributed by atoms with E-state index in [1.54, 1.807) is 60.5 Å². The predicted molar refractivity (Wildman–Crippen MR) is 146 cm³/mol. The molecule has 0 aliphatic carbocycles. The van der Waals surface area contributed by atoms with Crippen LogP contribution in [0.25, 0.3) is 0 Å². The number of ether oxygens (including phenoxy) is 1. The Kier molecular flexibility index (Phi) is 7.77. The topological polar surface area (TPSA) is 70.2 Å². The Labute approximate surface area is 227 Å². The van der Waals surface area contributed by atoms with E-state index in [0.29, 0.717) is 34.9 Å². The fourth-order valence-corrected chi connectivity index (χ4v) is 5.48. The minimum atomic E-state index is -0.873. The molecule has 38 heavy (non-hydrogen) atoms. The number of benzene rings is 3. The van der Waals surface area contributed by atoms with Gasteiger partial charge >= 0.3 is 0 Å². The Hall–Kier alpha value is -3.68. The maximum absolute atomic E-state index is 14.0. The van der Waals surface area contributed by atoms with E-state index in [4.69, 9.17) is 16.3 Å². The summed E-state index contributed by atoms with van der Waals surface area (Å²) in [5, 5.41) is 0.515. The lowest BCUT2D eigenvalue weighted by Gasteiger charge is -2.40. The summed E-state index contributed by atoms with van der Waals surface area (Å²) in [6.45, 7) is 2.41. The number of carbonyl (C=O) groups excluding carboxylic acids is 3. The number of hydrogen-bond donors (Lipinski definition) is 0. The monoisotopic (exact) mass is 531 g/mol. The highest BCUT2D eigenvalue weighted by molar-refractivity contribution is 6.31. The van der Waals surface area contributed by atoms with Crippen LogP contribution < -0.4 is 9.64 Å². The zero-order valence-electron chi connectivity index (χ0n) is 21.3. The number of methoxy groups -OCH3 is 1. The molecule has 2 aliphatic heterocycles. The van der Waals surface area contributed by atoms with Crippen molar-refractivity contribution in [1.82, 2.24) is 9.80 Å². The SMILES string of the molecule is COc1cccc(C(=O)N(C2CCN(Cc3ccccc3)CC2)C2CC(=O)N(c3ccc(Cl)cc3)C2=O)c1. The smallest absolute Gasteiger partial charge is 0.257 e. The van der Waals surface area contributed by atoms with Gasteiger partial charge in [0.2, 0.25) is 5.91 Å². The molecule has 0 spiro atoms. The third-order valence-corrected chi connectivity index (χ3v) is 7.55. The van der Waals surface area contributed by atoms with Crippen LogP contribution in [0.4, 0.5) is 5.69 Å². The van der Waals surface area contributed by atoms with Crippen LogP contribution in [0.2, 0.25) is 5.02 Å². The molecule has 5 rings (SSSR count). The van der Waals surface area contributed by atoms with Crippen molar-refractivity contribution in [2.45, 2.75) is 37.9 Å². The molecule has 0 aromatic heterocycles. The van der Waals surface area contributed by atoms with E-state index in [0.717, 1.165) is 19.6 Å². The first kappa shape index (κ1) is 25.9. The Morgan fingerprint density at radius 2 is 1.68 bits per heavy atom. The van der Waals surface area contributed by atoms with E-state index in [2.05, 4.69) is 17.0 Å². The van der Waals surface area contributed by atoms with Gasteiger partial charge < -0.3 is 9.64 Å². The number of nitrogens with zero attached hydrogens (tertiary/aromatic N) is 3. The van der Waals surface area contributed by atoms with Gasteiger partial charge in [0.1, 0.15) is 11.8 Å². The Morgan fingerprint density at radius 3 is 2.37 bits per heavy atom. The highest BCUT2D eigenvalue weighted by Crippen LogP contribution is 2.32. The van der Waals surface area contributed by atoms with Gasteiger partial charge in [-0.1, -0.05) is 48.0 Å².